The van der Waals surface area contributed by atoms with Crippen LogP contribution in [-0.4, -0.2) is 17.4 Å². The zero-order valence-corrected chi connectivity index (χ0v) is 9.58. The smallest absolute Gasteiger partial charge is 0.310 e. The van der Waals surface area contributed by atoms with Crippen molar-refractivity contribution >= 4 is 11.8 Å². The topological polar surface area (TPSA) is 43.4 Å². The molecule has 2 fully saturated rings. The molecule has 0 aromatic rings. The molecule has 3 heteroatoms. The molecule has 0 amide bonds. The summed E-state index contributed by atoms with van der Waals surface area (Å²) in [5, 5.41) is 0. The van der Waals surface area contributed by atoms with Gasteiger partial charge in [-0.3, -0.25) is 9.59 Å². The predicted molar refractivity (Wildman–Crippen MR) is 55.2 cm³/mol. The minimum atomic E-state index is -0.442. The lowest BCUT2D eigenvalue weighted by atomic mass is 9.88. The van der Waals surface area contributed by atoms with E-state index in [2.05, 4.69) is 0 Å². The molecule has 2 bridgehead atoms. The predicted octanol–water partition coefficient (Wildman–Crippen LogP) is 1.94. The first-order chi connectivity index (χ1) is 6.87. The molecular formula is C12H18O3. The second-order valence-electron chi connectivity index (χ2n) is 5.75. The van der Waals surface area contributed by atoms with E-state index in [0.29, 0.717) is 12.3 Å². The monoisotopic (exact) mass is 210 g/mol. The molecule has 0 radical (unpaired) electrons. The maximum absolute atomic E-state index is 11.8. The summed E-state index contributed by atoms with van der Waals surface area (Å²) in [7, 11) is 0. The number of rotatable bonds is 1. The standard InChI is InChI=1S/C12H18O3/c1-12(2,3)15-11(14)9-5-7-4-8(9)10(13)6-7/h7-9H,4-6H2,1-3H3/t7-,8+,9-/m0/s1. The summed E-state index contributed by atoms with van der Waals surface area (Å²) in [6, 6.07) is 0. The van der Waals surface area contributed by atoms with Crippen molar-refractivity contribution in [3.05, 3.63) is 0 Å². The molecular weight excluding hydrogens is 192 g/mol. The lowest BCUT2D eigenvalue weighted by Crippen LogP contribution is -2.33. The van der Waals surface area contributed by atoms with E-state index in [9.17, 15) is 9.59 Å². The molecule has 2 aliphatic rings. The van der Waals surface area contributed by atoms with Gasteiger partial charge in [-0.25, -0.2) is 0 Å². The molecule has 2 aliphatic carbocycles. The second kappa shape index (κ2) is 3.32. The number of hydrogen-bond donors (Lipinski definition) is 0. The Bertz CT molecular complexity index is 300. The van der Waals surface area contributed by atoms with Crippen LogP contribution >= 0.6 is 0 Å². The van der Waals surface area contributed by atoms with Gasteiger partial charge in [-0.15, -0.1) is 0 Å². The highest BCUT2D eigenvalue weighted by Gasteiger charge is 2.49. The molecule has 0 unspecified atom stereocenters. The molecule has 0 aliphatic heterocycles. The van der Waals surface area contributed by atoms with Crippen molar-refractivity contribution in [2.75, 3.05) is 0 Å². The first-order valence-electron chi connectivity index (χ1n) is 5.62. The highest BCUT2D eigenvalue weighted by Crippen LogP contribution is 2.46. The summed E-state index contributed by atoms with van der Waals surface area (Å²) in [6.45, 7) is 5.58. The molecule has 0 heterocycles. The Morgan fingerprint density at radius 2 is 2.00 bits per heavy atom. The van der Waals surface area contributed by atoms with E-state index in [0.717, 1.165) is 12.8 Å². The van der Waals surface area contributed by atoms with Crippen LogP contribution in [0, 0.1) is 17.8 Å². The SMILES string of the molecule is CC(C)(C)OC(=O)[C@H]1C[C@H]2CC(=O)[C@@H]1C2. The number of carbonyl (C=O) groups excluding carboxylic acids is 2. The Morgan fingerprint density at radius 3 is 2.47 bits per heavy atom. The maximum atomic E-state index is 11.8. The van der Waals surface area contributed by atoms with Gasteiger partial charge in [0, 0.05) is 12.3 Å². The number of ether oxygens (including phenoxy) is 1. The van der Waals surface area contributed by atoms with Crippen LogP contribution in [0.4, 0.5) is 0 Å². The number of ketones is 1. The minimum absolute atomic E-state index is 0.0372. The zero-order chi connectivity index (χ0) is 11.2. The van der Waals surface area contributed by atoms with E-state index in [1.165, 1.54) is 0 Å². The Kier molecular flexibility index (Phi) is 2.36. The second-order valence-corrected chi connectivity index (χ2v) is 5.75. The van der Waals surface area contributed by atoms with E-state index in [-0.39, 0.29) is 23.6 Å². The molecule has 2 saturated carbocycles. The van der Waals surface area contributed by atoms with Crippen LogP contribution in [0.2, 0.25) is 0 Å². The van der Waals surface area contributed by atoms with Gasteiger partial charge in [-0.2, -0.15) is 0 Å². The summed E-state index contributed by atoms with van der Waals surface area (Å²) >= 11 is 0. The number of carbonyl (C=O) groups is 2. The van der Waals surface area contributed by atoms with E-state index in [1.54, 1.807) is 0 Å². The van der Waals surface area contributed by atoms with Crippen molar-refractivity contribution in [1.82, 2.24) is 0 Å². The number of Topliss-reactive ketones (excluding diaryl/α,β-unsaturated/α-hetero) is 1. The fourth-order valence-corrected chi connectivity index (χ4v) is 2.74. The van der Waals surface area contributed by atoms with Crippen LogP contribution in [-0.2, 0) is 14.3 Å². The Labute approximate surface area is 90.2 Å². The Morgan fingerprint density at radius 1 is 1.33 bits per heavy atom. The number of esters is 1. The summed E-state index contributed by atoms with van der Waals surface area (Å²) in [5.41, 5.74) is -0.442. The number of hydrogen-bond acceptors (Lipinski definition) is 3. The van der Waals surface area contributed by atoms with Crippen LogP contribution in [0.15, 0.2) is 0 Å². The van der Waals surface area contributed by atoms with E-state index < -0.39 is 5.60 Å². The normalized spacial score (nSPS) is 34.6. The van der Waals surface area contributed by atoms with Gasteiger partial charge in [0.15, 0.2) is 0 Å². The van der Waals surface area contributed by atoms with Gasteiger partial charge in [0.05, 0.1) is 5.92 Å². The quantitative estimate of drug-likeness (QED) is 0.621. The van der Waals surface area contributed by atoms with Gasteiger partial charge in [-0.1, -0.05) is 0 Å². The first-order valence-corrected chi connectivity index (χ1v) is 5.62. The van der Waals surface area contributed by atoms with Crippen LogP contribution in [0.1, 0.15) is 40.0 Å². The van der Waals surface area contributed by atoms with Crippen LogP contribution < -0.4 is 0 Å². The van der Waals surface area contributed by atoms with Crippen LogP contribution in [0.25, 0.3) is 0 Å². The molecule has 2 rings (SSSR count). The lowest BCUT2D eigenvalue weighted by Gasteiger charge is -2.25. The van der Waals surface area contributed by atoms with Crippen molar-refractivity contribution in [2.24, 2.45) is 17.8 Å². The van der Waals surface area contributed by atoms with Crippen molar-refractivity contribution in [2.45, 2.75) is 45.6 Å². The Balaban J connectivity index is 2.01. The average Bonchev–Trinajstić information content (AvgIpc) is 2.58. The third kappa shape index (κ3) is 2.06. The van der Waals surface area contributed by atoms with E-state index in [4.69, 9.17) is 4.74 Å². The molecule has 84 valence electrons. The van der Waals surface area contributed by atoms with Crippen molar-refractivity contribution in [3.8, 4) is 0 Å². The summed E-state index contributed by atoms with van der Waals surface area (Å²) in [4.78, 5) is 23.3. The minimum Gasteiger partial charge on any atom is -0.460 e. The highest BCUT2D eigenvalue weighted by molar-refractivity contribution is 5.90. The molecule has 15 heavy (non-hydrogen) atoms. The van der Waals surface area contributed by atoms with Crippen molar-refractivity contribution < 1.29 is 14.3 Å². The van der Waals surface area contributed by atoms with Gasteiger partial charge < -0.3 is 4.74 Å². The van der Waals surface area contributed by atoms with Crippen LogP contribution in [0.5, 0.6) is 0 Å². The summed E-state index contributed by atoms with van der Waals surface area (Å²) < 4.78 is 5.33. The average molecular weight is 210 g/mol. The first kappa shape index (κ1) is 10.7. The fraction of sp³-hybridized carbons (Fsp3) is 0.833. The maximum Gasteiger partial charge on any atom is 0.310 e. The third-order valence-electron chi connectivity index (χ3n) is 3.27. The molecule has 0 spiro atoms. The molecule has 0 aromatic heterocycles. The van der Waals surface area contributed by atoms with Gasteiger partial charge in [-0.05, 0) is 39.5 Å². The van der Waals surface area contributed by atoms with E-state index in [1.807, 2.05) is 20.8 Å². The summed E-state index contributed by atoms with van der Waals surface area (Å²) in [6.07, 6.45) is 2.44. The van der Waals surface area contributed by atoms with E-state index >= 15 is 0 Å². The van der Waals surface area contributed by atoms with Gasteiger partial charge >= 0.3 is 5.97 Å². The van der Waals surface area contributed by atoms with Gasteiger partial charge in [0.25, 0.3) is 0 Å². The van der Waals surface area contributed by atoms with Crippen molar-refractivity contribution in [3.63, 3.8) is 0 Å². The largest absolute Gasteiger partial charge is 0.460 e. The lowest BCUT2D eigenvalue weighted by molar-refractivity contribution is -0.163. The highest BCUT2D eigenvalue weighted by atomic mass is 16.6. The molecule has 0 saturated heterocycles. The van der Waals surface area contributed by atoms with Crippen LogP contribution in [0.3, 0.4) is 0 Å². The third-order valence-corrected chi connectivity index (χ3v) is 3.27. The van der Waals surface area contributed by atoms with Gasteiger partial charge in [0.1, 0.15) is 11.4 Å². The van der Waals surface area contributed by atoms with Gasteiger partial charge in [0.2, 0.25) is 0 Å². The fourth-order valence-electron chi connectivity index (χ4n) is 2.74. The zero-order valence-electron chi connectivity index (χ0n) is 9.58. The number of fused-ring (bicyclic) bond motifs is 2. The summed E-state index contributed by atoms with van der Waals surface area (Å²) in [5.74, 6) is 0.338. The molecule has 3 nitrogen and oxygen atoms in total. The molecule has 0 N–H and O–H groups in total. The Hall–Kier alpha value is -0.860. The van der Waals surface area contributed by atoms with Crippen molar-refractivity contribution in [1.29, 1.82) is 0 Å². The molecule has 0 aromatic carbocycles. The molecule has 3 atom stereocenters.